The van der Waals surface area contributed by atoms with Crippen molar-refractivity contribution in [3.05, 3.63) is 68.7 Å². The molecule has 0 amide bonds. The Morgan fingerprint density at radius 1 is 1.24 bits per heavy atom. The summed E-state index contributed by atoms with van der Waals surface area (Å²) in [6.45, 7) is 2.67. The van der Waals surface area contributed by atoms with E-state index in [-0.39, 0.29) is 16.9 Å². The molecule has 0 radical (unpaired) electrons. The maximum atomic E-state index is 13.5. The molecule has 112 valence electrons. The first-order chi connectivity index (χ1) is 10.0. The highest BCUT2D eigenvalue weighted by atomic mass is 79.9. The van der Waals surface area contributed by atoms with E-state index >= 15 is 0 Å². The van der Waals surface area contributed by atoms with Crippen LogP contribution in [0.4, 0.5) is 8.78 Å². The first kappa shape index (κ1) is 16.4. The fraction of sp³-hybridized carbons (Fsp3) is 0.250. The summed E-state index contributed by atoms with van der Waals surface area (Å²) < 4.78 is 27.8. The lowest BCUT2D eigenvalue weighted by atomic mass is 9.98. The largest absolute Gasteiger partial charge is 0.310 e. The smallest absolute Gasteiger partial charge is 0.142 e. The molecule has 5 heteroatoms. The predicted molar refractivity (Wildman–Crippen MR) is 85.6 cm³/mol. The Kier molecular flexibility index (Phi) is 5.73. The van der Waals surface area contributed by atoms with Gasteiger partial charge in [-0.3, -0.25) is 0 Å². The van der Waals surface area contributed by atoms with Gasteiger partial charge < -0.3 is 5.32 Å². The summed E-state index contributed by atoms with van der Waals surface area (Å²) in [4.78, 5) is 0. The molecule has 21 heavy (non-hydrogen) atoms. The van der Waals surface area contributed by atoms with Crippen molar-refractivity contribution in [1.29, 1.82) is 0 Å². The molecule has 1 atom stereocenters. The van der Waals surface area contributed by atoms with Gasteiger partial charge in [-0.15, -0.1) is 0 Å². The maximum absolute atomic E-state index is 13.5. The maximum Gasteiger partial charge on any atom is 0.142 e. The number of halogens is 4. The van der Waals surface area contributed by atoms with Crippen LogP contribution in [0, 0.1) is 11.6 Å². The van der Waals surface area contributed by atoms with Crippen LogP contribution in [0.2, 0.25) is 5.02 Å². The van der Waals surface area contributed by atoms with E-state index in [1.807, 2.05) is 6.92 Å². The first-order valence-electron chi connectivity index (χ1n) is 6.64. The normalized spacial score (nSPS) is 12.4. The number of benzene rings is 2. The van der Waals surface area contributed by atoms with E-state index in [4.69, 9.17) is 11.6 Å². The zero-order valence-electron chi connectivity index (χ0n) is 11.5. The van der Waals surface area contributed by atoms with Crippen molar-refractivity contribution in [3.63, 3.8) is 0 Å². The first-order valence-corrected chi connectivity index (χ1v) is 7.81. The highest BCUT2D eigenvalue weighted by molar-refractivity contribution is 9.10. The van der Waals surface area contributed by atoms with Gasteiger partial charge in [-0.2, -0.15) is 0 Å². The van der Waals surface area contributed by atoms with E-state index in [9.17, 15) is 8.78 Å². The molecule has 0 bridgehead atoms. The van der Waals surface area contributed by atoms with Crippen molar-refractivity contribution < 1.29 is 8.78 Å². The Labute approximate surface area is 136 Å². The Bertz CT molecular complexity index is 634. The Morgan fingerprint density at radius 3 is 2.71 bits per heavy atom. The van der Waals surface area contributed by atoms with Crippen LogP contribution in [0.5, 0.6) is 0 Å². The average molecular weight is 375 g/mol. The van der Waals surface area contributed by atoms with Gasteiger partial charge in [0.25, 0.3) is 0 Å². The SMILES string of the molecule is CCNC(Cc1cccc(F)c1Cl)c1cc(F)ccc1Br. The molecule has 0 aliphatic rings. The average Bonchev–Trinajstić information content (AvgIpc) is 2.46. The minimum Gasteiger partial charge on any atom is -0.310 e. The number of likely N-dealkylation sites (N-methyl/N-ethyl adjacent to an activating group) is 1. The molecular weight excluding hydrogens is 360 g/mol. The molecule has 0 heterocycles. The third-order valence-corrected chi connectivity index (χ3v) is 4.39. The van der Waals surface area contributed by atoms with Crippen molar-refractivity contribution >= 4 is 27.5 Å². The highest BCUT2D eigenvalue weighted by Crippen LogP contribution is 2.30. The van der Waals surface area contributed by atoms with Gasteiger partial charge in [-0.05, 0) is 48.4 Å². The summed E-state index contributed by atoms with van der Waals surface area (Å²) in [5.41, 5.74) is 1.48. The van der Waals surface area contributed by atoms with Crippen molar-refractivity contribution in [2.45, 2.75) is 19.4 Å². The van der Waals surface area contributed by atoms with Crippen molar-refractivity contribution in [1.82, 2.24) is 5.32 Å². The number of rotatable bonds is 5. The molecule has 1 N–H and O–H groups in total. The fourth-order valence-corrected chi connectivity index (χ4v) is 2.97. The Hall–Kier alpha value is -0.970. The zero-order chi connectivity index (χ0) is 15.4. The molecule has 2 aromatic rings. The van der Waals surface area contributed by atoms with Gasteiger partial charge in [-0.1, -0.05) is 46.6 Å². The molecule has 0 spiro atoms. The van der Waals surface area contributed by atoms with Crippen LogP contribution in [0.25, 0.3) is 0 Å². The Balaban J connectivity index is 2.35. The van der Waals surface area contributed by atoms with Gasteiger partial charge in [-0.25, -0.2) is 8.78 Å². The molecule has 0 saturated heterocycles. The second-order valence-electron chi connectivity index (χ2n) is 4.69. The van der Waals surface area contributed by atoms with E-state index in [1.54, 1.807) is 18.2 Å². The van der Waals surface area contributed by atoms with Crippen LogP contribution < -0.4 is 5.32 Å². The molecule has 2 rings (SSSR count). The van der Waals surface area contributed by atoms with Crippen molar-refractivity contribution in [2.75, 3.05) is 6.54 Å². The summed E-state index contributed by atoms with van der Waals surface area (Å²) in [6.07, 6.45) is 0.479. The number of nitrogens with one attached hydrogen (secondary N) is 1. The predicted octanol–water partition coefficient (Wildman–Crippen LogP) is 5.27. The van der Waals surface area contributed by atoms with Gasteiger partial charge in [0.05, 0.1) is 5.02 Å². The second-order valence-corrected chi connectivity index (χ2v) is 5.93. The quantitative estimate of drug-likeness (QED) is 0.751. The van der Waals surface area contributed by atoms with Crippen LogP contribution in [-0.2, 0) is 6.42 Å². The monoisotopic (exact) mass is 373 g/mol. The lowest BCUT2D eigenvalue weighted by molar-refractivity contribution is 0.538. The molecule has 0 saturated carbocycles. The topological polar surface area (TPSA) is 12.0 Å². The summed E-state index contributed by atoms with van der Waals surface area (Å²) in [5.74, 6) is -0.746. The minimum atomic E-state index is -0.442. The van der Waals surface area contributed by atoms with Gasteiger partial charge in [0, 0.05) is 10.5 Å². The molecule has 0 aliphatic carbocycles. The molecule has 0 aliphatic heterocycles. The lowest BCUT2D eigenvalue weighted by Gasteiger charge is -2.20. The summed E-state index contributed by atoms with van der Waals surface area (Å²) in [7, 11) is 0. The molecular formula is C16H15BrClF2N. The van der Waals surface area contributed by atoms with Crippen LogP contribution in [0.15, 0.2) is 40.9 Å². The second kappa shape index (κ2) is 7.34. The molecule has 0 fully saturated rings. The summed E-state index contributed by atoms with van der Waals surface area (Å²) >= 11 is 9.44. The fourth-order valence-electron chi connectivity index (χ4n) is 2.25. The molecule has 2 aromatic carbocycles. The van der Waals surface area contributed by atoms with E-state index in [2.05, 4.69) is 21.2 Å². The summed E-state index contributed by atoms with van der Waals surface area (Å²) in [5, 5.41) is 3.40. The molecule has 0 aromatic heterocycles. The minimum absolute atomic E-state index is 0.118. The lowest BCUT2D eigenvalue weighted by Crippen LogP contribution is -2.23. The number of hydrogen-bond acceptors (Lipinski definition) is 1. The van der Waals surface area contributed by atoms with Gasteiger partial charge in [0.1, 0.15) is 11.6 Å². The summed E-state index contributed by atoms with van der Waals surface area (Å²) in [6, 6.07) is 9.12. The van der Waals surface area contributed by atoms with Gasteiger partial charge >= 0.3 is 0 Å². The van der Waals surface area contributed by atoms with Crippen molar-refractivity contribution in [2.24, 2.45) is 0 Å². The standard InChI is InChI=1S/C16H15BrClF2N/c1-2-21-15(12-9-11(19)6-7-13(12)17)8-10-4-3-5-14(20)16(10)18/h3-7,9,15,21H,2,8H2,1H3. The third-order valence-electron chi connectivity index (χ3n) is 3.24. The van der Waals surface area contributed by atoms with Crippen LogP contribution in [-0.4, -0.2) is 6.54 Å². The van der Waals surface area contributed by atoms with Gasteiger partial charge in [0.2, 0.25) is 0 Å². The highest BCUT2D eigenvalue weighted by Gasteiger charge is 2.17. The Morgan fingerprint density at radius 2 is 2.00 bits per heavy atom. The molecule has 1 nitrogen and oxygen atoms in total. The van der Waals surface area contributed by atoms with Crippen LogP contribution in [0.3, 0.4) is 0 Å². The zero-order valence-corrected chi connectivity index (χ0v) is 13.8. The van der Waals surface area contributed by atoms with Crippen LogP contribution in [0.1, 0.15) is 24.1 Å². The van der Waals surface area contributed by atoms with Crippen LogP contribution >= 0.6 is 27.5 Å². The van der Waals surface area contributed by atoms with Gasteiger partial charge in [0.15, 0.2) is 0 Å². The van der Waals surface area contributed by atoms with E-state index < -0.39 is 5.82 Å². The van der Waals surface area contributed by atoms with E-state index in [0.29, 0.717) is 18.5 Å². The third kappa shape index (κ3) is 4.02. The molecule has 1 unspecified atom stereocenters. The number of hydrogen-bond donors (Lipinski definition) is 1. The van der Waals surface area contributed by atoms with E-state index in [1.165, 1.54) is 18.2 Å². The van der Waals surface area contributed by atoms with Crippen molar-refractivity contribution in [3.8, 4) is 0 Å². The van der Waals surface area contributed by atoms with E-state index in [0.717, 1.165) is 10.0 Å².